The van der Waals surface area contributed by atoms with Gasteiger partial charge in [-0.15, -0.1) is 0 Å². The van der Waals surface area contributed by atoms with Crippen LogP contribution in [0.2, 0.25) is 0 Å². The Morgan fingerprint density at radius 1 is 1.25 bits per heavy atom. The van der Waals surface area contributed by atoms with Gasteiger partial charge in [-0.25, -0.2) is 0 Å². The van der Waals surface area contributed by atoms with Crippen LogP contribution >= 0.6 is 0 Å². The highest BCUT2D eigenvalue weighted by Crippen LogP contribution is 2.21. The number of carbonyl (C=O) groups is 1. The maximum atomic E-state index is 12.9. The molecule has 1 aliphatic rings. The highest BCUT2D eigenvalue weighted by Gasteiger charge is 2.20. The van der Waals surface area contributed by atoms with E-state index in [1.54, 1.807) is 0 Å². The van der Waals surface area contributed by atoms with Gasteiger partial charge in [-0.1, -0.05) is 32.4 Å². The average Bonchev–Trinajstić information content (AvgIpc) is 2.58. The van der Waals surface area contributed by atoms with Gasteiger partial charge in [0.05, 0.1) is 5.56 Å². The maximum Gasteiger partial charge on any atom is 0.257 e. The van der Waals surface area contributed by atoms with E-state index in [4.69, 9.17) is 4.74 Å². The molecule has 0 radical (unpaired) electrons. The van der Waals surface area contributed by atoms with E-state index in [0.29, 0.717) is 29.9 Å². The van der Waals surface area contributed by atoms with Crippen LogP contribution in [0.25, 0.3) is 0 Å². The zero-order valence-corrected chi connectivity index (χ0v) is 15.4. The molecular formula is C20H32N2O2. The Kier molecular flexibility index (Phi) is 7.57. The quantitative estimate of drug-likeness (QED) is 0.917. The van der Waals surface area contributed by atoms with E-state index in [0.717, 1.165) is 45.3 Å². The molecule has 1 aromatic rings. The average molecular weight is 332 g/mol. The lowest BCUT2D eigenvalue weighted by Crippen LogP contribution is -2.36. The van der Waals surface area contributed by atoms with Gasteiger partial charge in [-0.05, 0) is 50.8 Å². The second kappa shape index (κ2) is 9.67. The SMILES string of the molecule is CCN1CCCCCN[C@@H](CC(C)C)COc2ccccc2C1=O. The van der Waals surface area contributed by atoms with Crippen LogP contribution in [0, 0.1) is 5.92 Å². The van der Waals surface area contributed by atoms with Gasteiger partial charge >= 0.3 is 0 Å². The molecule has 4 nitrogen and oxygen atoms in total. The van der Waals surface area contributed by atoms with Crippen molar-refractivity contribution >= 4 is 5.91 Å². The van der Waals surface area contributed by atoms with Crippen molar-refractivity contribution in [3.05, 3.63) is 29.8 Å². The van der Waals surface area contributed by atoms with Crippen LogP contribution in [0.1, 0.15) is 56.8 Å². The fraction of sp³-hybridized carbons (Fsp3) is 0.650. The number of benzene rings is 1. The first-order valence-corrected chi connectivity index (χ1v) is 9.36. The number of hydrogen-bond acceptors (Lipinski definition) is 3. The number of fused-ring (bicyclic) bond motifs is 1. The van der Waals surface area contributed by atoms with Gasteiger partial charge in [0.25, 0.3) is 5.91 Å². The molecule has 1 aliphatic heterocycles. The fourth-order valence-electron chi connectivity index (χ4n) is 3.22. The number of nitrogens with zero attached hydrogens (tertiary/aromatic N) is 1. The summed E-state index contributed by atoms with van der Waals surface area (Å²) in [4.78, 5) is 14.8. The Morgan fingerprint density at radius 2 is 2.04 bits per heavy atom. The van der Waals surface area contributed by atoms with E-state index in [2.05, 4.69) is 19.2 Å². The van der Waals surface area contributed by atoms with Crippen molar-refractivity contribution in [2.45, 2.75) is 52.5 Å². The lowest BCUT2D eigenvalue weighted by atomic mass is 10.0. The summed E-state index contributed by atoms with van der Waals surface area (Å²) < 4.78 is 6.07. The van der Waals surface area contributed by atoms with Crippen LogP contribution < -0.4 is 10.1 Å². The summed E-state index contributed by atoms with van der Waals surface area (Å²) in [5.41, 5.74) is 0.682. The monoisotopic (exact) mass is 332 g/mol. The van der Waals surface area contributed by atoms with Gasteiger partial charge in [0, 0.05) is 19.1 Å². The number of amides is 1. The summed E-state index contributed by atoms with van der Waals surface area (Å²) in [6, 6.07) is 7.97. The van der Waals surface area contributed by atoms with Crippen LogP contribution in [0.5, 0.6) is 5.75 Å². The molecule has 24 heavy (non-hydrogen) atoms. The number of carbonyl (C=O) groups excluding carboxylic acids is 1. The molecule has 0 aliphatic carbocycles. The van der Waals surface area contributed by atoms with Crippen LogP contribution in [0.4, 0.5) is 0 Å². The lowest BCUT2D eigenvalue weighted by Gasteiger charge is -2.23. The molecule has 0 aromatic heterocycles. The van der Waals surface area contributed by atoms with E-state index in [1.807, 2.05) is 36.1 Å². The van der Waals surface area contributed by atoms with Gasteiger partial charge in [0.2, 0.25) is 0 Å². The van der Waals surface area contributed by atoms with E-state index < -0.39 is 0 Å². The normalized spacial score (nSPS) is 20.6. The molecule has 0 fully saturated rings. The van der Waals surface area contributed by atoms with E-state index in [9.17, 15) is 4.79 Å². The first kappa shape index (κ1) is 18.8. The van der Waals surface area contributed by atoms with Crippen molar-refractivity contribution in [3.63, 3.8) is 0 Å². The molecule has 1 heterocycles. The number of hydrogen-bond donors (Lipinski definition) is 1. The second-order valence-corrected chi connectivity index (χ2v) is 7.03. The molecule has 0 spiro atoms. The predicted octanol–water partition coefficient (Wildman–Crippen LogP) is 3.72. The molecular weight excluding hydrogens is 300 g/mol. The molecule has 0 saturated heterocycles. The summed E-state index contributed by atoms with van der Waals surface area (Å²) in [6.45, 7) is 9.69. The highest BCUT2D eigenvalue weighted by molar-refractivity contribution is 5.96. The topological polar surface area (TPSA) is 41.6 Å². The predicted molar refractivity (Wildman–Crippen MR) is 98.6 cm³/mol. The molecule has 4 heteroatoms. The van der Waals surface area contributed by atoms with Crippen molar-refractivity contribution in [1.82, 2.24) is 10.2 Å². The zero-order chi connectivity index (χ0) is 17.4. The van der Waals surface area contributed by atoms with Gasteiger partial charge in [0.15, 0.2) is 0 Å². The standard InChI is InChI=1S/C20H32N2O2/c1-4-22-13-9-5-8-12-21-17(14-16(2)3)15-24-19-11-7-6-10-18(19)20(22)23/h6-7,10-11,16-17,21H,4-5,8-9,12-15H2,1-3H3/t17-/m0/s1. The smallest absolute Gasteiger partial charge is 0.257 e. The van der Waals surface area contributed by atoms with Gasteiger partial charge in [0.1, 0.15) is 12.4 Å². The molecule has 0 saturated carbocycles. The Morgan fingerprint density at radius 3 is 2.79 bits per heavy atom. The Hall–Kier alpha value is -1.55. The van der Waals surface area contributed by atoms with Crippen molar-refractivity contribution in [2.24, 2.45) is 5.92 Å². The number of ether oxygens (including phenoxy) is 1. The van der Waals surface area contributed by atoms with Crippen LogP contribution in [0.3, 0.4) is 0 Å². The molecule has 0 bridgehead atoms. The minimum atomic E-state index is 0.0840. The largest absolute Gasteiger partial charge is 0.491 e. The van der Waals surface area contributed by atoms with Gasteiger partial charge < -0.3 is 15.0 Å². The Balaban J connectivity index is 2.19. The minimum Gasteiger partial charge on any atom is -0.491 e. The van der Waals surface area contributed by atoms with E-state index in [-0.39, 0.29) is 5.91 Å². The summed E-state index contributed by atoms with van der Waals surface area (Å²) in [5.74, 6) is 1.41. The van der Waals surface area contributed by atoms with Crippen LogP contribution in [-0.4, -0.2) is 43.1 Å². The van der Waals surface area contributed by atoms with Crippen molar-refractivity contribution in [1.29, 1.82) is 0 Å². The summed E-state index contributed by atoms with van der Waals surface area (Å²) in [7, 11) is 0. The summed E-state index contributed by atoms with van der Waals surface area (Å²) in [6.07, 6.45) is 4.43. The first-order chi connectivity index (χ1) is 11.6. The van der Waals surface area contributed by atoms with E-state index >= 15 is 0 Å². The molecule has 1 atom stereocenters. The second-order valence-electron chi connectivity index (χ2n) is 7.03. The molecule has 1 amide bonds. The highest BCUT2D eigenvalue weighted by atomic mass is 16.5. The number of para-hydroxylation sites is 1. The zero-order valence-electron chi connectivity index (χ0n) is 15.4. The van der Waals surface area contributed by atoms with Crippen molar-refractivity contribution in [3.8, 4) is 5.75 Å². The number of nitrogens with one attached hydrogen (secondary N) is 1. The van der Waals surface area contributed by atoms with Gasteiger partial charge in [-0.2, -0.15) is 0 Å². The Bertz CT molecular complexity index is 516. The van der Waals surface area contributed by atoms with Crippen LogP contribution in [0.15, 0.2) is 24.3 Å². The Labute approximate surface area is 146 Å². The van der Waals surface area contributed by atoms with Crippen molar-refractivity contribution < 1.29 is 9.53 Å². The minimum absolute atomic E-state index is 0.0840. The maximum absolute atomic E-state index is 12.9. The third kappa shape index (κ3) is 5.52. The molecule has 1 aromatic carbocycles. The molecule has 1 N–H and O–H groups in total. The summed E-state index contributed by atoms with van der Waals surface area (Å²) >= 11 is 0. The number of rotatable bonds is 3. The fourth-order valence-corrected chi connectivity index (χ4v) is 3.22. The van der Waals surface area contributed by atoms with Crippen molar-refractivity contribution in [2.75, 3.05) is 26.2 Å². The molecule has 0 unspecified atom stereocenters. The summed E-state index contributed by atoms with van der Waals surface area (Å²) in [5, 5.41) is 3.63. The molecule has 134 valence electrons. The third-order valence-corrected chi connectivity index (χ3v) is 4.52. The third-order valence-electron chi connectivity index (χ3n) is 4.52. The molecule has 2 rings (SSSR count). The lowest BCUT2D eigenvalue weighted by molar-refractivity contribution is 0.0757. The van der Waals surface area contributed by atoms with E-state index in [1.165, 1.54) is 0 Å². The van der Waals surface area contributed by atoms with Gasteiger partial charge in [-0.3, -0.25) is 4.79 Å². The first-order valence-electron chi connectivity index (χ1n) is 9.36. The van der Waals surface area contributed by atoms with Crippen LogP contribution in [-0.2, 0) is 0 Å².